The van der Waals surface area contributed by atoms with Gasteiger partial charge in [-0.1, -0.05) is 18.2 Å². The van der Waals surface area contributed by atoms with Gasteiger partial charge in [0.25, 0.3) is 0 Å². The van der Waals surface area contributed by atoms with E-state index in [4.69, 9.17) is 10.8 Å². The number of aliphatic carboxylic acids is 1. The number of nitrogens with zero attached hydrogens (tertiary/aromatic N) is 6. The molecule has 3 aromatic rings. The van der Waals surface area contributed by atoms with Crippen molar-refractivity contribution < 1.29 is 19.8 Å². The molecule has 4 rings (SSSR count). The number of aromatic nitrogens is 3. The molecule has 2 aromatic heterocycles. The van der Waals surface area contributed by atoms with Crippen LogP contribution < -0.4 is 15.5 Å². The number of hydrogen-bond acceptors (Lipinski definition) is 9. The first-order valence-electron chi connectivity index (χ1n) is 12.5. The van der Waals surface area contributed by atoms with Crippen LogP contribution in [0, 0.1) is 0 Å². The third-order valence-corrected chi connectivity index (χ3v) is 6.58. The largest absolute Gasteiger partial charge is 0.481 e. The normalized spacial score (nSPS) is 12.8. The molecule has 1 aliphatic rings. The van der Waals surface area contributed by atoms with Crippen molar-refractivity contribution in [1.29, 1.82) is 0 Å². The van der Waals surface area contributed by atoms with Crippen LogP contribution >= 0.6 is 24.8 Å². The van der Waals surface area contributed by atoms with Crippen LogP contribution in [-0.2, 0) is 29.2 Å². The Morgan fingerprint density at radius 1 is 0.950 bits per heavy atom. The maximum atomic E-state index is 11.8. The van der Waals surface area contributed by atoms with Crippen molar-refractivity contribution in [2.45, 2.75) is 26.0 Å². The Kier molecular flexibility index (Phi) is 12.5. The molecule has 1 saturated heterocycles. The molecular weight excluding hydrogens is 557 g/mol. The number of aryl methyl sites for hydroxylation is 1. The molecule has 0 spiro atoms. The summed E-state index contributed by atoms with van der Waals surface area (Å²) in [5.74, 6) is 0.404. The number of carboxylic acids is 1. The summed E-state index contributed by atoms with van der Waals surface area (Å²) in [4.78, 5) is 42.2. The first-order valence-corrected chi connectivity index (χ1v) is 12.5. The fourth-order valence-electron chi connectivity index (χ4n) is 4.46. The summed E-state index contributed by atoms with van der Waals surface area (Å²) < 4.78 is 0. The zero-order valence-corrected chi connectivity index (χ0v) is 23.9. The number of nitrogens with two attached hydrogens (primary N) is 1. The predicted octanol–water partition coefficient (Wildman–Crippen LogP) is 2.14. The molecule has 1 amide bonds. The Labute approximate surface area is 245 Å². The van der Waals surface area contributed by atoms with E-state index in [2.05, 4.69) is 24.8 Å². The second kappa shape index (κ2) is 15.3. The molecule has 216 valence electrons. The minimum absolute atomic E-state index is 0. The maximum absolute atomic E-state index is 11.8. The van der Waals surface area contributed by atoms with Gasteiger partial charge in [0.05, 0.1) is 13.2 Å². The fraction of sp³-hybridized carbons (Fsp3) is 0.370. The lowest BCUT2D eigenvalue weighted by Crippen LogP contribution is -2.47. The van der Waals surface area contributed by atoms with Gasteiger partial charge in [0.2, 0.25) is 11.9 Å². The highest BCUT2D eigenvalue weighted by Gasteiger charge is 2.22. The van der Waals surface area contributed by atoms with Crippen molar-refractivity contribution in [1.82, 2.24) is 19.9 Å². The predicted molar refractivity (Wildman–Crippen MR) is 158 cm³/mol. The van der Waals surface area contributed by atoms with Gasteiger partial charge in [-0.3, -0.25) is 9.59 Å². The van der Waals surface area contributed by atoms with Crippen molar-refractivity contribution in [2.75, 3.05) is 49.6 Å². The number of carboxylic acid groups (broad SMARTS) is 1. The number of anilines is 2. The molecule has 0 saturated carbocycles. The van der Waals surface area contributed by atoms with Crippen molar-refractivity contribution in [3.8, 4) is 11.1 Å². The van der Waals surface area contributed by atoms with Crippen LogP contribution in [0.2, 0.25) is 0 Å². The number of rotatable bonds is 10. The van der Waals surface area contributed by atoms with Gasteiger partial charge in [-0.25, -0.2) is 15.0 Å². The van der Waals surface area contributed by atoms with Crippen LogP contribution in [0.1, 0.15) is 23.1 Å². The number of piperazine rings is 1. The van der Waals surface area contributed by atoms with E-state index in [0.29, 0.717) is 50.7 Å². The Hall–Kier alpha value is -3.51. The lowest BCUT2D eigenvalue weighted by molar-refractivity contribution is -0.137. The highest BCUT2D eigenvalue weighted by molar-refractivity contribution is 5.85. The van der Waals surface area contributed by atoms with E-state index in [0.717, 1.165) is 28.1 Å². The van der Waals surface area contributed by atoms with E-state index in [9.17, 15) is 14.7 Å². The molecule has 0 bridgehead atoms. The molecule has 4 N–H and O–H groups in total. The molecule has 0 unspecified atom stereocenters. The van der Waals surface area contributed by atoms with E-state index in [1.54, 1.807) is 18.1 Å². The zero-order valence-electron chi connectivity index (χ0n) is 22.3. The lowest BCUT2D eigenvalue weighted by Gasteiger charge is -2.36. The molecule has 11 nitrogen and oxygen atoms in total. The number of pyridine rings is 1. The van der Waals surface area contributed by atoms with Crippen LogP contribution in [0.5, 0.6) is 0 Å². The number of carbonyl (C=O) groups excluding carboxylic acids is 1. The first kappa shape index (κ1) is 32.7. The average molecular weight is 593 g/mol. The number of aliphatic hydroxyl groups is 1. The molecular formula is C27H35Cl2N7O4. The molecule has 13 heteroatoms. The standard InChI is InChI=1S/C27H33N7O4.2ClH/c1-32(24(36)13-28)17-20-3-2-4-21(12-20)23-15-30-27(31-16-23)34-9-7-33(8-10-34)26-22(18-35)11-19(14-29-26)5-6-25(37)38;;/h2-4,11-12,14-16,35H,5-10,13,17-18,28H2,1H3,(H,37,38);2*1H. The van der Waals surface area contributed by atoms with Crippen molar-refractivity contribution >= 4 is 48.5 Å². The van der Waals surface area contributed by atoms with Gasteiger partial charge in [-0.2, -0.15) is 0 Å². The number of likely N-dealkylation sites (N-methyl/N-ethyl adjacent to an activating group) is 1. The molecule has 1 fully saturated rings. The number of halogens is 2. The quantitative estimate of drug-likeness (QED) is 0.320. The summed E-state index contributed by atoms with van der Waals surface area (Å²) in [6, 6.07) is 9.77. The van der Waals surface area contributed by atoms with Crippen LogP contribution in [-0.4, -0.2) is 81.7 Å². The van der Waals surface area contributed by atoms with Crippen molar-refractivity contribution in [3.63, 3.8) is 0 Å². The minimum atomic E-state index is -0.858. The molecule has 1 aromatic carbocycles. The van der Waals surface area contributed by atoms with E-state index in [-0.39, 0.29) is 50.3 Å². The Morgan fingerprint density at radius 2 is 1.62 bits per heavy atom. The van der Waals surface area contributed by atoms with Gasteiger partial charge in [0, 0.05) is 75.9 Å². The molecule has 1 aliphatic heterocycles. The summed E-state index contributed by atoms with van der Waals surface area (Å²) in [6.45, 7) is 3.08. The van der Waals surface area contributed by atoms with E-state index in [1.807, 2.05) is 42.7 Å². The number of hydrogen-bond donors (Lipinski definition) is 3. The molecule has 0 atom stereocenters. The van der Waals surface area contributed by atoms with Crippen LogP contribution in [0.25, 0.3) is 11.1 Å². The maximum Gasteiger partial charge on any atom is 0.303 e. The van der Waals surface area contributed by atoms with Crippen LogP contribution in [0.4, 0.5) is 11.8 Å². The minimum Gasteiger partial charge on any atom is -0.481 e. The Bertz CT molecular complexity index is 1270. The Morgan fingerprint density at radius 3 is 2.25 bits per heavy atom. The van der Waals surface area contributed by atoms with E-state index < -0.39 is 5.97 Å². The Balaban J connectivity index is 0.00000280. The SMILES string of the molecule is CN(Cc1cccc(-c2cnc(N3CCN(c4ncc(CCC(=O)O)cc4CO)CC3)nc2)c1)C(=O)CN.Cl.Cl. The third-order valence-electron chi connectivity index (χ3n) is 6.58. The summed E-state index contributed by atoms with van der Waals surface area (Å²) in [7, 11) is 1.73. The highest BCUT2D eigenvalue weighted by Crippen LogP contribution is 2.24. The summed E-state index contributed by atoms with van der Waals surface area (Å²) >= 11 is 0. The van der Waals surface area contributed by atoms with Gasteiger partial charge in [0.1, 0.15) is 5.82 Å². The number of amides is 1. The number of aliphatic hydroxyl groups excluding tert-OH is 1. The van der Waals surface area contributed by atoms with Crippen molar-refractivity contribution in [2.24, 2.45) is 5.73 Å². The topological polar surface area (TPSA) is 149 Å². The average Bonchev–Trinajstić information content (AvgIpc) is 2.95. The van der Waals surface area contributed by atoms with E-state index >= 15 is 0 Å². The molecule has 0 radical (unpaired) electrons. The number of benzene rings is 1. The van der Waals surface area contributed by atoms with Gasteiger partial charge < -0.3 is 30.6 Å². The first-order chi connectivity index (χ1) is 18.4. The van der Waals surface area contributed by atoms with Crippen LogP contribution in [0.3, 0.4) is 0 Å². The van der Waals surface area contributed by atoms with E-state index in [1.165, 1.54) is 0 Å². The van der Waals surface area contributed by atoms with Crippen molar-refractivity contribution in [3.05, 3.63) is 65.6 Å². The lowest BCUT2D eigenvalue weighted by atomic mass is 10.1. The molecule has 0 aliphatic carbocycles. The molecule has 40 heavy (non-hydrogen) atoms. The second-order valence-electron chi connectivity index (χ2n) is 9.28. The smallest absolute Gasteiger partial charge is 0.303 e. The van der Waals surface area contributed by atoms with Gasteiger partial charge in [0.15, 0.2) is 0 Å². The third kappa shape index (κ3) is 8.25. The zero-order chi connectivity index (χ0) is 27.1. The van der Waals surface area contributed by atoms with Gasteiger partial charge >= 0.3 is 5.97 Å². The molecule has 3 heterocycles. The summed E-state index contributed by atoms with van der Waals surface area (Å²) in [5, 5.41) is 18.8. The second-order valence-corrected chi connectivity index (χ2v) is 9.28. The highest BCUT2D eigenvalue weighted by atomic mass is 35.5. The van der Waals surface area contributed by atoms with Gasteiger partial charge in [-0.05, 0) is 35.2 Å². The number of carbonyl (C=O) groups is 2. The monoisotopic (exact) mass is 591 g/mol. The summed E-state index contributed by atoms with van der Waals surface area (Å²) in [6.07, 6.45) is 5.72. The summed E-state index contributed by atoms with van der Waals surface area (Å²) in [5.41, 5.74) is 9.81. The van der Waals surface area contributed by atoms with Gasteiger partial charge in [-0.15, -0.1) is 24.8 Å². The van der Waals surface area contributed by atoms with Crippen LogP contribution in [0.15, 0.2) is 48.9 Å². The fourth-order valence-corrected chi connectivity index (χ4v) is 4.46.